The van der Waals surface area contributed by atoms with Gasteiger partial charge in [0.1, 0.15) is 36.9 Å². The summed E-state index contributed by atoms with van der Waals surface area (Å²) < 4.78 is 21.4. The van der Waals surface area contributed by atoms with Crippen molar-refractivity contribution in [2.45, 2.75) is 205 Å². The van der Waals surface area contributed by atoms with Crippen LogP contribution < -0.4 is 26.6 Å². The minimum absolute atomic E-state index is 0.0000686. The van der Waals surface area contributed by atoms with Crippen LogP contribution in [0.1, 0.15) is 187 Å². The number of hydrogen-bond acceptors (Lipinski definition) is 16. The van der Waals surface area contributed by atoms with E-state index in [0.29, 0.717) is 38.6 Å². The molecule has 0 aromatic rings. The van der Waals surface area contributed by atoms with Gasteiger partial charge in [-0.25, -0.2) is 9.59 Å². The first-order valence-corrected chi connectivity index (χ1v) is 28.4. The van der Waals surface area contributed by atoms with Crippen LogP contribution >= 0.6 is 0 Å². The van der Waals surface area contributed by atoms with E-state index < -0.39 is 78.4 Å². The lowest BCUT2D eigenvalue weighted by atomic mass is 9.97. The summed E-state index contributed by atoms with van der Waals surface area (Å²) in [4.78, 5) is 131. The molecule has 0 aliphatic rings. The number of carbonyl (C=O) groups excluding carboxylic acids is 7. The summed E-state index contributed by atoms with van der Waals surface area (Å²) in [6.07, 6.45) is 16.5. The number of ketones is 3. The molecule has 0 aliphatic heterocycles. The van der Waals surface area contributed by atoms with Gasteiger partial charge >= 0.3 is 23.9 Å². The zero-order valence-electron chi connectivity index (χ0n) is 47.1. The summed E-state index contributed by atoms with van der Waals surface area (Å²) in [5.74, 6) is -8.34. The Morgan fingerprint density at radius 1 is 0.380 bits per heavy atom. The zero-order chi connectivity index (χ0) is 58.9. The van der Waals surface area contributed by atoms with Crippen LogP contribution in [0.4, 0.5) is 0 Å². The standard InChI is InChI=1S/C55H95N5O19/c1-41(61)45(56-2)21-17-18-30-57-48(64)29-27-47(55(74)75)60-50(66)28-24-42(53(70)71)38-44(63)39-78-36-35-77-33-31-58-51(67)40-79-37-34-76-32-19-20-43(62)25-26-46(54(72)73)59-49(65)22-15-13-11-9-7-5-3-4-6-8-10-12-14-16-23-52(68)69/h42,45-47,56H,3-40H2,1-2H3,(H,57,64)(H,58,67)(H,59,65)(H,60,66)(H,68,69)(H,70,71)(H,72,73)(H,74,75)/t42-,45+,46+,47+/m1/s1. The average molecular weight is 1130 g/mol. The highest BCUT2D eigenvalue weighted by Gasteiger charge is 2.26. The number of amides is 4. The molecule has 0 spiro atoms. The van der Waals surface area contributed by atoms with E-state index >= 15 is 0 Å². The van der Waals surface area contributed by atoms with Gasteiger partial charge < -0.3 is 66.0 Å². The highest BCUT2D eigenvalue weighted by Crippen LogP contribution is 2.16. The summed E-state index contributed by atoms with van der Waals surface area (Å²) >= 11 is 0. The van der Waals surface area contributed by atoms with Crippen LogP contribution in [0.5, 0.6) is 0 Å². The van der Waals surface area contributed by atoms with E-state index in [-0.39, 0.29) is 134 Å². The molecule has 0 heterocycles. The third-order valence-electron chi connectivity index (χ3n) is 12.9. The second-order valence-electron chi connectivity index (χ2n) is 19.8. The van der Waals surface area contributed by atoms with Crippen molar-refractivity contribution >= 4 is 64.9 Å². The number of nitrogens with one attached hydrogen (secondary N) is 5. The van der Waals surface area contributed by atoms with Gasteiger partial charge in [-0.05, 0) is 71.8 Å². The largest absolute Gasteiger partial charge is 0.481 e. The van der Waals surface area contributed by atoms with Crippen molar-refractivity contribution in [3.63, 3.8) is 0 Å². The predicted octanol–water partition coefficient (Wildman–Crippen LogP) is 4.45. The molecule has 0 bridgehead atoms. The van der Waals surface area contributed by atoms with Gasteiger partial charge in [-0.15, -0.1) is 0 Å². The van der Waals surface area contributed by atoms with Crippen molar-refractivity contribution in [1.82, 2.24) is 26.6 Å². The number of carboxylic acids is 4. The Labute approximate surface area is 466 Å². The number of Topliss-reactive ketones (excluding diaryl/α,β-unsaturated/α-hetero) is 3. The molecule has 4 amide bonds. The first-order valence-electron chi connectivity index (χ1n) is 28.4. The van der Waals surface area contributed by atoms with E-state index in [1.807, 2.05) is 0 Å². The van der Waals surface area contributed by atoms with Crippen LogP contribution in [0.15, 0.2) is 0 Å². The molecule has 9 N–H and O–H groups in total. The van der Waals surface area contributed by atoms with Crippen molar-refractivity contribution in [1.29, 1.82) is 0 Å². The Kier molecular flexibility index (Phi) is 46.2. The second kappa shape index (κ2) is 49.6. The summed E-state index contributed by atoms with van der Waals surface area (Å²) in [5, 5.41) is 50.4. The van der Waals surface area contributed by atoms with E-state index in [1.165, 1.54) is 39.0 Å². The summed E-state index contributed by atoms with van der Waals surface area (Å²) in [7, 11) is 1.69. The predicted molar refractivity (Wildman–Crippen MR) is 290 cm³/mol. The summed E-state index contributed by atoms with van der Waals surface area (Å²) in [6, 6.07) is -2.78. The van der Waals surface area contributed by atoms with Crippen LogP contribution in [-0.2, 0) is 71.7 Å². The Bertz CT molecular complexity index is 1790. The van der Waals surface area contributed by atoms with E-state index in [4.69, 9.17) is 24.1 Å². The molecule has 454 valence electrons. The van der Waals surface area contributed by atoms with Crippen LogP contribution in [0, 0.1) is 5.92 Å². The maximum atomic E-state index is 12.5. The normalized spacial score (nSPS) is 12.6. The van der Waals surface area contributed by atoms with Gasteiger partial charge in [0, 0.05) is 64.6 Å². The van der Waals surface area contributed by atoms with Gasteiger partial charge in [-0.3, -0.25) is 43.2 Å². The fourth-order valence-electron chi connectivity index (χ4n) is 8.20. The lowest BCUT2D eigenvalue weighted by Crippen LogP contribution is -2.42. The number of rotatable bonds is 57. The molecule has 0 unspecified atom stereocenters. The Hall–Kier alpha value is -5.43. The number of aliphatic carboxylic acids is 4. The molecular weight excluding hydrogens is 1030 g/mol. The number of carbonyl (C=O) groups is 11. The molecule has 0 saturated carbocycles. The molecule has 79 heavy (non-hydrogen) atoms. The SMILES string of the molecule is CN[C@@H](CCCCNC(=O)CC[C@H](NC(=O)CC[C@H](CC(=O)COCCOCCNC(=O)COCCOCCCC(=O)CC[C@H](NC(=O)CCCCCCCCCCCCCCCCC(=O)O)C(=O)O)C(=O)O)C(=O)O)C(C)=O. The van der Waals surface area contributed by atoms with Crippen LogP contribution in [0.3, 0.4) is 0 Å². The minimum atomic E-state index is -1.38. The summed E-state index contributed by atoms with van der Waals surface area (Å²) in [5.41, 5.74) is 0. The molecule has 24 nitrogen and oxygen atoms in total. The molecule has 0 fully saturated rings. The van der Waals surface area contributed by atoms with E-state index in [1.54, 1.807) is 7.05 Å². The fourth-order valence-corrected chi connectivity index (χ4v) is 8.20. The number of unbranched alkanes of at least 4 members (excludes halogenated alkanes) is 14. The smallest absolute Gasteiger partial charge is 0.326 e. The first-order chi connectivity index (χ1) is 37.9. The van der Waals surface area contributed by atoms with Gasteiger partial charge in [-0.1, -0.05) is 77.0 Å². The monoisotopic (exact) mass is 1130 g/mol. The van der Waals surface area contributed by atoms with Crippen LogP contribution in [-0.4, -0.2) is 176 Å². The number of carboxylic acid groups (broad SMARTS) is 4. The number of likely N-dealkylation sites (N-methyl/N-ethyl adjacent to an activating group) is 1. The molecule has 4 atom stereocenters. The lowest BCUT2D eigenvalue weighted by molar-refractivity contribution is -0.145. The average Bonchev–Trinajstić information content (AvgIpc) is 3.39. The highest BCUT2D eigenvalue weighted by atomic mass is 16.5. The van der Waals surface area contributed by atoms with Gasteiger partial charge in [0.25, 0.3) is 0 Å². The summed E-state index contributed by atoms with van der Waals surface area (Å²) in [6.45, 7) is 2.13. The number of ether oxygens (including phenoxy) is 4. The zero-order valence-corrected chi connectivity index (χ0v) is 47.1. The number of hydrogen-bond donors (Lipinski definition) is 9. The third-order valence-corrected chi connectivity index (χ3v) is 12.9. The Morgan fingerprint density at radius 3 is 1.39 bits per heavy atom. The van der Waals surface area contributed by atoms with E-state index in [2.05, 4.69) is 26.6 Å². The Balaban J connectivity index is 3.97. The molecule has 24 heteroatoms. The Morgan fingerprint density at radius 2 is 0.861 bits per heavy atom. The molecular formula is C55H95N5O19. The van der Waals surface area contributed by atoms with E-state index in [0.717, 1.165) is 51.4 Å². The van der Waals surface area contributed by atoms with Gasteiger partial charge in [-0.2, -0.15) is 0 Å². The minimum Gasteiger partial charge on any atom is -0.481 e. The fraction of sp³-hybridized carbons (Fsp3) is 0.800. The third kappa shape index (κ3) is 46.1. The lowest BCUT2D eigenvalue weighted by Gasteiger charge is -2.16. The van der Waals surface area contributed by atoms with Crippen molar-refractivity contribution in [2.24, 2.45) is 5.92 Å². The second-order valence-corrected chi connectivity index (χ2v) is 19.8. The molecule has 0 aliphatic carbocycles. The van der Waals surface area contributed by atoms with Gasteiger partial charge in [0.05, 0.1) is 45.0 Å². The van der Waals surface area contributed by atoms with Crippen molar-refractivity contribution in [2.75, 3.05) is 73.0 Å². The quantitative estimate of drug-likeness (QED) is 0.0380. The van der Waals surface area contributed by atoms with Crippen LogP contribution in [0.2, 0.25) is 0 Å². The van der Waals surface area contributed by atoms with Crippen molar-refractivity contribution in [3.05, 3.63) is 0 Å². The first kappa shape index (κ1) is 73.6. The highest BCUT2D eigenvalue weighted by molar-refractivity contribution is 5.87. The maximum Gasteiger partial charge on any atom is 0.326 e. The van der Waals surface area contributed by atoms with E-state index in [9.17, 15) is 68.1 Å². The van der Waals surface area contributed by atoms with Gasteiger partial charge in [0.2, 0.25) is 23.6 Å². The van der Waals surface area contributed by atoms with Crippen molar-refractivity contribution < 1.29 is 92.1 Å². The maximum absolute atomic E-state index is 12.5. The van der Waals surface area contributed by atoms with Crippen molar-refractivity contribution in [3.8, 4) is 0 Å². The van der Waals surface area contributed by atoms with Crippen LogP contribution in [0.25, 0.3) is 0 Å². The molecule has 0 aromatic heterocycles. The topological polar surface area (TPSA) is 366 Å². The molecule has 0 aromatic carbocycles. The van der Waals surface area contributed by atoms with Gasteiger partial charge in [0.15, 0.2) is 5.78 Å². The molecule has 0 radical (unpaired) electrons. The molecule has 0 saturated heterocycles. The molecule has 0 rings (SSSR count).